The minimum atomic E-state index is -0.601. The summed E-state index contributed by atoms with van der Waals surface area (Å²) in [6.45, 7) is 1.55. The molecule has 0 aliphatic carbocycles. The summed E-state index contributed by atoms with van der Waals surface area (Å²) >= 11 is 0. The van der Waals surface area contributed by atoms with Crippen molar-refractivity contribution < 1.29 is 14.8 Å². The van der Waals surface area contributed by atoms with Crippen LogP contribution in [-0.2, 0) is 0 Å². The Morgan fingerprint density at radius 1 is 1.14 bits per heavy atom. The summed E-state index contributed by atoms with van der Waals surface area (Å²) in [5.41, 5.74) is 2.84. The predicted molar refractivity (Wildman–Crippen MR) is 80.9 cm³/mol. The maximum Gasteiger partial charge on any atom is 0.278 e. The van der Waals surface area contributed by atoms with Gasteiger partial charge in [-0.25, -0.2) is 5.43 Å². The van der Waals surface area contributed by atoms with Crippen molar-refractivity contribution in [2.24, 2.45) is 5.10 Å². The zero-order valence-corrected chi connectivity index (χ0v) is 11.7. The zero-order chi connectivity index (χ0) is 16.1. The second-order valence-corrected chi connectivity index (χ2v) is 4.43. The van der Waals surface area contributed by atoms with Gasteiger partial charge in [0.1, 0.15) is 5.75 Å². The molecule has 2 aromatic carbocycles. The highest BCUT2D eigenvalue weighted by molar-refractivity contribution is 6.03. The van der Waals surface area contributed by atoms with E-state index in [2.05, 4.69) is 10.5 Å². The number of nitrogens with zero attached hydrogens (tertiary/aromatic N) is 2. The Morgan fingerprint density at radius 2 is 1.73 bits per heavy atom. The molecule has 22 heavy (non-hydrogen) atoms. The van der Waals surface area contributed by atoms with Crippen LogP contribution in [0.25, 0.3) is 0 Å². The van der Waals surface area contributed by atoms with Crippen molar-refractivity contribution in [1.82, 2.24) is 5.43 Å². The molecule has 0 atom stereocenters. The molecule has 0 saturated carbocycles. The van der Waals surface area contributed by atoms with Gasteiger partial charge in [0.25, 0.3) is 11.6 Å². The van der Waals surface area contributed by atoms with Gasteiger partial charge < -0.3 is 5.11 Å². The van der Waals surface area contributed by atoms with Crippen LogP contribution < -0.4 is 5.43 Å². The van der Waals surface area contributed by atoms with Gasteiger partial charge in [-0.15, -0.1) is 0 Å². The van der Waals surface area contributed by atoms with Gasteiger partial charge in [-0.2, -0.15) is 5.10 Å². The van der Waals surface area contributed by atoms with Crippen molar-refractivity contribution in [3.05, 3.63) is 69.8 Å². The molecular weight excluding hydrogens is 286 g/mol. The Labute approximate surface area is 126 Å². The van der Waals surface area contributed by atoms with Gasteiger partial charge in [-0.1, -0.05) is 24.3 Å². The number of hydrogen-bond donors (Lipinski definition) is 2. The minimum Gasteiger partial charge on any atom is -0.507 e. The molecule has 0 bridgehead atoms. The molecule has 0 saturated heterocycles. The number of hydrazone groups is 1. The number of carbonyl (C=O) groups is 1. The smallest absolute Gasteiger partial charge is 0.278 e. The molecule has 0 unspecified atom stereocenters. The fourth-order valence-electron chi connectivity index (χ4n) is 1.86. The molecule has 1 amide bonds. The van der Waals surface area contributed by atoms with Gasteiger partial charge in [-0.3, -0.25) is 14.9 Å². The quantitative estimate of drug-likeness (QED) is 0.514. The van der Waals surface area contributed by atoms with Crippen molar-refractivity contribution in [2.75, 3.05) is 0 Å². The van der Waals surface area contributed by atoms with Crippen LogP contribution in [0, 0.1) is 10.1 Å². The molecular formula is C15H13N3O4. The van der Waals surface area contributed by atoms with Crippen LogP contribution in [0.1, 0.15) is 22.8 Å². The van der Waals surface area contributed by atoms with Crippen LogP contribution in [0.5, 0.6) is 5.75 Å². The van der Waals surface area contributed by atoms with E-state index in [9.17, 15) is 20.0 Å². The average molecular weight is 299 g/mol. The van der Waals surface area contributed by atoms with Crippen LogP contribution >= 0.6 is 0 Å². The Balaban J connectivity index is 2.22. The van der Waals surface area contributed by atoms with Gasteiger partial charge in [0.2, 0.25) is 0 Å². The van der Waals surface area contributed by atoms with Crippen molar-refractivity contribution >= 4 is 17.3 Å². The SMILES string of the molecule is C/C(=N/NC(=O)c1ccccc1O)c1ccccc1[N+](=O)[O-]. The van der Waals surface area contributed by atoms with Crippen LogP contribution in [0.4, 0.5) is 5.69 Å². The zero-order valence-electron chi connectivity index (χ0n) is 11.7. The number of nitro benzene ring substituents is 1. The Bertz CT molecular complexity index is 756. The van der Waals surface area contributed by atoms with E-state index in [-0.39, 0.29) is 22.7 Å². The summed E-state index contributed by atoms with van der Waals surface area (Å²) in [5.74, 6) is -0.769. The first-order chi connectivity index (χ1) is 10.5. The molecule has 0 fully saturated rings. The molecule has 0 aromatic heterocycles. The number of amides is 1. The van der Waals surface area contributed by atoms with E-state index < -0.39 is 10.8 Å². The highest BCUT2D eigenvalue weighted by Gasteiger charge is 2.15. The molecule has 2 N–H and O–H groups in total. The van der Waals surface area contributed by atoms with Crippen LogP contribution in [0.2, 0.25) is 0 Å². The number of aromatic hydroxyl groups is 1. The van der Waals surface area contributed by atoms with E-state index in [1.54, 1.807) is 37.3 Å². The first-order valence-corrected chi connectivity index (χ1v) is 6.37. The molecule has 112 valence electrons. The normalized spacial score (nSPS) is 11.0. The number of phenolic OH excluding ortho intramolecular Hbond substituents is 1. The van der Waals surface area contributed by atoms with E-state index in [1.165, 1.54) is 18.2 Å². The number of phenols is 1. The third-order valence-electron chi connectivity index (χ3n) is 2.96. The Kier molecular flexibility index (Phi) is 4.47. The largest absolute Gasteiger partial charge is 0.507 e. The molecule has 2 aromatic rings. The molecule has 7 nitrogen and oxygen atoms in total. The first-order valence-electron chi connectivity index (χ1n) is 6.37. The number of hydrogen-bond acceptors (Lipinski definition) is 5. The molecule has 2 rings (SSSR count). The summed E-state index contributed by atoms with van der Waals surface area (Å²) < 4.78 is 0. The Morgan fingerprint density at radius 3 is 2.36 bits per heavy atom. The fraction of sp³-hybridized carbons (Fsp3) is 0.0667. The van der Waals surface area contributed by atoms with E-state index in [0.29, 0.717) is 5.56 Å². The first kappa shape index (κ1) is 15.2. The van der Waals surface area contributed by atoms with Crippen molar-refractivity contribution in [1.29, 1.82) is 0 Å². The lowest BCUT2D eigenvalue weighted by Gasteiger charge is -2.05. The average Bonchev–Trinajstić information content (AvgIpc) is 2.52. The highest BCUT2D eigenvalue weighted by atomic mass is 16.6. The lowest BCUT2D eigenvalue weighted by Crippen LogP contribution is -2.19. The summed E-state index contributed by atoms with van der Waals surface area (Å²) in [6, 6.07) is 12.1. The summed E-state index contributed by atoms with van der Waals surface area (Å²) in [4.78, 5) is 22.4. The lowest BCUT2D eigenvalue weighted by molar-refractivity contribution is -0.385. The van der Waals surface area contributed by atoms with Crippen molar-refractivity contribution in [3.8, 4) is 5.75 Å². The summed E-state index contributed by atoms with van der Waals surface area (Å²) in [6.07, 6.45) is 0. The molecule has 0 aliphatic rings. The van der Waals surface area contributed by atoms with Gasteiger partial charge in [0.05, 0.1) is 21.8 Å². The van der Waals surface area contributed by atoms with Crippen LogP contribution in [-0.4, -0.2) is 21.6 Å². The maximum atomic E-state index is 11.9. The lowest BCUT2D eigenvalue weighted by atomic mass is 10.1. The van der Waals surface area contributed by atoms with E-state index in [1.807, 2.05) is 0 Å². The van der Waals surface area contributed by atoms with Gasteiger partial charge in [-0.05, 0) is 25.1 Å². The number of para-hydroxylation sites is 2. The number of rotatable bonds is 4. The van der Waals surface area contributed by atoms with Crippen molar-refractivity contribution in [2.45, 2.75) is 6.92 Å². The number of benzene rings is 2. The molecule has 0 spiro atoms. The number of carbonyl (C=O) groups excluding carboxylic acids is 1. The Hall–Kier alpha value is -3.22. The molecule has 0 aliphatic heterocycles. The monoisotopic (exact) mass is 299 g/mol. The molecule has 7 heteroatoms. The van der Waals surface area contributed by atoms with Crippen molar-refractivity contribution in [3.63, 3.8) is 0 Å². The van der Waals surface area contributed by atoms with Gasteiger partial charge in [0, 0.05) is 6.07 Å². The predicted octanol–water partition coefficient (Wildman–Crippen LogP) is 2.45. The van der Waals surface area contributed by atoms with E-state index in [4.69, 9.17) is 0 Å². The van der Waals surface area contributed by atoms with E-state index in [0.717, 1.165) is 0 Å². The topological polar surface area (TPSA) is 105 Å². The van der Waals surface area contributed by atoms with Gasteiger partial charge in [0.15, 0.2) is 0 Å². The molecule has 0 heterocycles. The van der Waals surface area contributed by atoms with E-state index >= 15 is 0 Å². The third-order valence-corrected chi connectivity index (χ3v) is 2.96. The summed E-state index contributed by atoms with van der Waals surface area (Å²) in [5, 5.41) is 24.4. The highest BCUT2D eigenvalue weighted by Crippen LogP contribution is 2.18. The number of nitrogens with one attached hydrogen (secondary N) is 1. The van der Waals surface area contributed by atoms with Crippen LogP contribution in [0.15, 0.2) is 53.6 Å². The van der Waals surface area contributed by atoms with Crippen LogP contribution in [0.3, 0.4) is 0 Å². The fourth-order valence-corrected chi connectivity index (χ4v) is 1.86. The minimum absolute atomic E-state index is 0.0709. The summed E-state index contributed by atoms with van der Waals surface area (Å²) in [7, 11) is 0. The second kappa shape index (κ2) is 6.49. The number of nitro groups is 1. The molecule has 0 radical (unpaired) electrons. The third kappa shape index (κ3) is 3.26. The van der Waals surface area contributed by atoms with Gasteiger partial charge >= 0.3 is 0 Å². The maximum absolute atomic E-state index is 11.9. The standard InChI is InChI=1S/C15H13N3O4/c1-10(11-6-2-4-8-13(11)18(21)22)16-17-15(20)12-7-3-5-9-14(12)19/h2-9,19H,1H3,(H,17,20)/b16-10-. The second-order valence-electron chi connectivity index (χ2n) is 4.43.